The fraction of sp³-hybridized carbons (Fsp3) is 0.900. The summed E-state index contributed by atoms with van der Waals surface area (Å²) in [5.74, 6) is 0.891. The molecular formula is C10H20N2O2. The SMILES string of the molecule is CN(CCOCC1CC1)C(=O)CCN. The van der Waals surface area contributed by atoms with Gasteiger partial charge in [-0.1, -0.05) is 0 Å². The number of carbonyl (C=O) groups excluding carboxylic acids is 1. The van der Waals surface area contributed by atoms with Crippen molar-refractivity contribution in [3.05, 3.63) is 0 Å². The van der Waals surface area contributed by atoms with E-state index in [4.69, 9.17) is 10.5 Å². The number of rotatable bonds is 7. The normalized spacial score (nSPS) is 15.6. The molecule has 1 fully saturated rings. The third-order valence-electron chi connectivity index (χ3n) is 2.41. The van der Waals surface area contributed by atoms with E-state index in [1.54, 1.807) is 11.9 Å². The summed E-state index contributed by atoms with van der Waals surface area (Å²) in [5, 5.41) is 0. The molecule has 82 valence electrons. The molecule has 0 bridgehead atoms. The first-order valence-electron chi connectivity index (χ1n) is 5.26. The second-order valence-electron chi connectivity index (χ2n) is 3.87. The molecule has 0 aromatic rings. The van der Waals surface area contributed by atoms with Crippen molar-refractivity contribution < 1.29 is 9.53 Å². The minimum absolute atomic E-state index is 0.0996. The first kappa shape index (κ1) is 11.5. The highest BCUT2D eigenvalue weighted by molar-refractivity contribution is 5.75. The zero-order valence-corrected chi connectivity index (χ0v) is 8.87. The lowest BCUT2D eigenvalue weighted by Gasteiger charge is -2.16. The van der Waals surface area contributed by atoms with Crippen LogP contribution in [0.15, 0.2) is 0 Å². The Balaban J connectivity index is 1.95. The highest BCUT2D eigenvalue weighted by atomic mass is 16.5. The third-order valence-corrected chi connectivity index (χ3v) is 2.41. The van der Waals surface area contributed by atoms with Crippen molar-refractivity contribution in [2.24, 2.45) is 11.7 Å². The van der Waals surface area contributed by atoms with E-state index in [0.29, 0.717) is 26.1 Å². The topological polar surface area (TPSA) is 55.6 Å². The predicted octanol–water partition coefficient (Wildman–Crippen LogP) is 0.220. The average molecular weight is 200 g/mol. The van der Waals surface area contributed by atoms with Gasteiger partial charge >= 0.3 is 0 Å². The van der Waals surface area contributed by atoms with Gasteiger partial charge in [0, 0.05) is 33.2 Å². The number of nitrogens with zero attached hydrogens (tertiary/aromatic N) is 1. The quantitative estimate of drug-likeness (QED) is 0.598. The molecule has 4 heteroatoms. The van der Waals surface area contributed by atoms with Gasteiger partial charge in [0.1, 0.15) is 0 Å². The van der Waals surface area contributed by atoms with Crippen LogP contribution in [-0.4, -0.2) is 44.2 Å². The van der Waals surface area contributed by atoms with Gasteiger partial charge in [0.05, 0.1) is 6.61 Å². The predicted molar refractivity (Wildman–Crippen MR) is 54.9 cm³/mol. The summed E-state index contributed by atoms with van der Waals surface area (Å²) in [4.78, 5) is 13.0. The molecule has 0 radical (unpaired) electrons. The van der Waals surface area contributed by atoms with Crippen molar-refractivity contribution in [3.63, 3.8) is 0 Å². The van der Waals surface area contributed by atoms with Gasteiger partial charge in [0.15, 0.2) is 0 Å². The fourth-order valence-electron chi connectivity index (χ4n) is 1.18. The van der Waals surface area contributed by atoms with Crippen LogP contribution in [0.4, 0.5) is 0 Å². The summed E-state index contributed by atoms with van der Waals surface area (Å²) >= 11 is 0. The van der Waals surface area contributed by atoms with E-state index in [-0.39, 0.29) is 5.91 Å². The standard InChI is InChI=1S/C10H20N2O2/c1-12(10(13)4-5-11)6-7-14-8-9-2-3-9/h9H,2-8,11H2,1H3. The number of hydrogen-bond donors (Lipinski definition) is 1. The van der Waals surface area contributed by atoms with E-state index in [1.165, 1.54) is 12.8 Å². The Hall–Kier alpha value is -0.610. The van der Waals surface area contributed by atoms with Crippen LogP contribution in [0.3, 0.4) is 0 Å². The van der Waals surface area contributed by atoms with Crippen molar-refractivity contribution in [3.8, 4) is 0 Å². The van der Waals surface area contributed by atoms with E-state index in [0.717, 1.165) is 12.5 Å². The molecule has 1 saturated carbocycles. The van der Waals surface area contributed by atoms with Crippen molar-refractivity contribution in [2.75, 3.05) is 33.4 Å². The molecule has 1 aliphatic rings. The van der Waals surface area contributed by atoms with Gasteiger partial charge in [-0.05, 0) is 18.8 Å². The number of likely N-dealkylation sites (N-methyl/N-ethyl adjacent to an activating group) is 1. The molecule has 1 rings (SSSR count). The number of hydrogen-bond acceptors (Lipinski definition) is 3. The summed E-state index contributed by atoms with van der Waals surface area (Å²) < 4.78 is 5.43. The highest BCUT2D eigenvalue weighted by Crippen LogP contribution is 2.28. The van der Waals surface area contributed by atoms with E-state index in [1.807, 2.05) is 0 Å². The van der Waals surface area contributed by atoms with Crippen LogP contribution in [0, 0.1) is 5.92 Å². The molecule has 0 aliphatic heterocycles. The smallest absolute Gasteiger partial charge is 0.223 e. The molecule has 0 unspecified atom stereocenters. The van der Waals surface area contributed by atoms with Crippen molar-refractivity contribution >= 4 is 5.91 Å². The van der Waals surface area contributed by atoms with Crippen LogP contribution >= 0.6 is 0 Å². The summed E-state index contributed by atoms with van der Waals surface area (Å²) in [5.41, 5.74) is 5.29. The van der Waals surface area contributed by atoms with Crippen LogP contribution in [0.5, 0.6) is 0 Å². The van der Waals surface area contributed by atoms with Gasteiger partial charge in [-0.2, -0.15) is 0 Å². The second kappa shape index (κ2) is 5.98. The number of amides is 1. The summed E-state index contributed by atoms with van der Waals surface area (Å²) in [7, 11) is 1.79. The Morgan fingerprint density at radius 1 is 1.57 bits per heavy atom. The molecule has 14 heavy (non-hydrogen) atoms. The Bertz CT molecular complexity index is 181. The highest BCUT2D eigenvalue weighted by Gasteiger charge is 2.21. The minimum atomic E-state index is 0.0996. The van der Waals surface area contributed by atoms with E-state index in [9.17, 15) is 4.79 Å². The maximum Gasteiger partial charge on any atom is 0.223 e. The molecular weight excluding hydrogens is 180 g/mol. The molecule has 0 spiro atoms. The fourth-order valence-corrected chi connectivity index (χ4v) is 1.18. The summed E-state index contributed by atoms with van der Waals surface area (Å²) in [6.45, 7) is 2.60. The summed E-state index contributed by atoms with van der Waals surface area (Å²) in [6.07, 6.45) is 3.04. The number of nitrogens with two attached hydrogens (primary N) is 1. The lowest BCUT2D eigenvalue weighted by Crippen LogP contribution is -2.31. The number of carbonyl (C=O) groups is 1. The zero-order chi connectivity index (χ0) is 10.4. The maximum atomic E-state index is 11.3. The monoisotopic (exact) mass is 200 g/mol. The Morgan fingerprint density at radius 3 is 2.86 bits per heavy atom. The lowest BCUT2D eigenvalue weighted by molar-refractivity contribution is -0.130. The molecule has 1 aliphatic carbocycles. The van der Waals surface area contributed by atoms with Crippen LogP contribution in [0.2, 0.25) is 0 Å². The Labute approximate surface area is 85.4 Å². The molecule has 1 amide bonds. The Morgan fingerprint density at radius 2 is 2.29 bits per heavy atom. The first-order valence-corrected chi connectivity index (χ1v) is 5.26. The average Bonchev–Trinajstić information content (AvgIpc) is 2.96. The van der Waals surface area contributed by atoms with E-state index >= 15 is 0 Å². The summed E-state index contributed by atoms with van der Waals surface area (Å²) in [6, 6.07) is 0. The van der Waals surface area contributed by atoms with Gasteiger partial charge in [0.2, 0.25) is 5.91 Å². The van der Waals surface area contributed by atoms with Gasteiger partial charge in [0.25, 0.3) is 0 Å². The minimum Gasteiger partial charge on any atom is -0.379 e. The molecule has 0 heterocycles. The lowest BCUT2D eigenvalue weighted by atomic mass is 10.4. The molecule has 4 nitrogen and oxygen atoms in total. The van der Waals surface area contributed by atoms with Crippen molar-refractivity contribution in [2.45, 2.75) is 19.3 Å². The van der Waals surface area contributed by atoms with E-state index in [2.05, 4.69) is 0 Å². The van der Waals surface area contributed by atoms with Gasteiger partial charge in [-0.15, -0.1) is 0 Å². The second-order valence-corrected chi connectivity index (χ2v) is 3.87. The van der Waals surface area contributed by atoms with Gasteiger partial charge in [-0.3, -0.25) is 4.79 Å². The largest absolute Gasteiger partial charge is 0.379 e. The molecule has 0 aromatic carbocycles. The van der Waals surface area contributed by atoms with Crippen molar-refractivity contribution in [1.29, 1.82) is 0 Å². The number of ether oxygens (including phenoxy) is 1. The maximum absolute atomic E-state index is 11.3. The first-order chi connectivity index (χ1) is 6.74. The van der Waals surface area contributed by atoms with E-state index < -0.39 is 0 Å². The zero-order valence-electron chi connectivity index (χ0n) is 8.87. The van der Waals surface area contributed by atoms with Crippen LogP contribution in [0.1, 0.15) is 19.3 Å². The molecule has 0 aromatic heterocycles. The Kier molecular flexibility index (Phi) is 4.90. The molecule has 0 saturated heterocycles. The molecule has 0 atom stereocenters. The molecule has 2 N–H and O–H groups in total. The van der Waals surface area contributed by atoms with Crippen LogP contribution in [-0.2, 0) is 9.53 Å². The van der Waals surface area contributed by atoms with Gasteiger partial charge < -0.3 is 15.4 Å². The third kappa shape index (κ3) is 4.58. The van der Waals surface area contributed by atoms with Crippen molar-refractivity contribution in [1.82, 2.24) is 4.90 Å². The van der Waals surface area contributed by atoms with Gasteiger partial charge in [-0.25, -0.2) is 0 Å². The van der Waals surface area contributed by atoms with Crippen LogP contribution < -0.4 is 5.73 Å². The van der Waals surface area contributed by atoms with Crippen LogP contribution in [0.25, 0.3) is 0 Å².